The Labute approximate surface area is 186 Å². The molecule has 0 spiro atoms. The number of rotatable bonds is 5. The summed E-state index contributed by atoms with van der Waals surface area (Å²) in [6.07, 6.45) is 1.80. The van der Waals surface area contributed by atoms with Gasteiger partial charge in [-0.25, -0.2) is 4.39 Å². The Morgan fingerprint density at radius 3 is 2.32 bits per heavy atom. The molecule has 7 heteroatoms. The van der Waals surface area contributed by atoms with Crippen molar-refractivity contribution in [2.45, 2.75) is 25.4 Å². The van der Waals surface area contributed by atoms with E-state index in [1.807, 2.05) is 18.0 Å². The fourth-order valence-corrected chi connectivity index (χ4v) is 4.47. The Morgan fingerprint density at radius 2 is 1.68 bits per heavy atom. The van der Waals surface area contributed by atoms with E-state index in [9.17, 15) is 14.0 Å². The smallest absolute Gasteiger partial charge is 0.278 e. The monoisotopic (exact) mass is 441 g/mol. The summed E-state index contributed by atoms with van der Waals surface area (Å²) in [4.78, 5) is 32.4. The maximum absolute atomic E-state index is 13.5. The molecule has 0 bridgehead atoms. The molecule has 0 unspecified atom stereocenters. The summed E-state index contributed by atoms with van der Waals surface area (Å²) >= 11 is 6.28. The summed E-state index contributed by atoms with van der Waals surface area (Å²) in [6, 6.07) is 13.1. The number of nitrogens with zero attached hydrogens (tertiary/aromatic N) is 3. The molecule has 1 saturated heterocycles. The van der Waals surface area contributed by atoms with Crippen LogP contribution in [0.15, 0.2) is 54.2 Å². The molecule has 2 aliphatic rings. The van der Waals surface area contributed by atoms with E-state index in [1.165, 1.54) is 17.0 Å². The van der Waals surface area contributed by atoms with Gasteiger partial charge >= 0.3 is 0 Å². The van der Waals surface area contributed by atoms with E-state index in [4.69, 9.17) is 11.6 Å². The third-order valence-electron chi connectivity index (χ3n) is 6.15. The molecule has 1 fully saturated rings. The van der Waals surface area contributed by atoms with E-state index in [-0.39, 0.29) is 30.2 Å². The van der Waals surface area contributed by atoms with E-state index in [0.29, 0.717) is 27.4 Å². The van der Waals surface area contributed by atoms with Crippen LogP contribution in [0, 0.1) is 5.82 Å². The number of piperidine rings is 1. The van der Waals surface area contributed by atoms with Gasteiger partial charge in [-0.05, 0) is 62.3 Å². The Hall–Kier alpha value is -2.70. The Balaban J connectivity index is 1.72. The zero-order valence-electron chi connectivity index (χ0n) is 17.6. The molecule has 0 aromatic heterocycles. The fourth-order valence-electron chi connectivity index (χ4n) is 4.27. The summed E-state index contributed by atoms with van der Waals surface area (Å²) in [5.74, 6) is -1.11. The average molecular weight is 442 g/mol. The lowest BCUT2D eigenvalue weighted by molar-refractivity contribution is -0.138. The largest absolute Gasteiger partial charge is 0.366 e. The van der Waals surface area contributed by atoms with Gasteiger partial charge in [-0.3, -0.25) is 14.5 Å². The van der Waals surface area contributed by atoms with Gasteiger partial charge in [0.1, 0.15) is 11.5 Å². The predicted octanol–water partition coefficient (Wildman–Crippen LogP) is 3.79. The molecule has 0 aliphatic carbocycles. The van der Waals surface area contributed by atoms with Crippen molar-refractivity contribution in [3.63, 3.8) is 0 Å². The molecule has 0 N–H and O–H groups in total. The fraction of sp³-hybridized carbons (Fsp3) is 0.333. The van der Waals surface area contributed by atoms with Crippen LogP contribution in [-0.2, 0) is 16.1 Å². The number of hydrogen-bond acceptors (Lipinski definition) is 4. The van der Waals surface area contributed by atoms with Crippen LogP contribution in [0.2, 0.25) is 5.02 Å². The van der Waals surface area contributed by atoms with Gasteiger partial charge in [-0.2, -0.15) is 0 Å². The van der Waals surface area contributed by atoms with Crippen LogP contribution in [0.25, 0.3) is 5.57 Å². The molecule has 162 valence electrons. The van der Waals surface area contributed by atoms with Crippen molar-refractivity contribution in [3.05, 3.63) is 76.2 Å². The van der Waals surface area contributed by atoms with Crippen LogP contribution in [0.4, 0.5) is 4.39 Å². The van der Waals surface area contributed by atoms with Gasteiger partial charge in [0.2, 0.25) is 0 Å². The van der Waals surface area contributed by atoms with Gasteiger partial charge in [-0.15, -0.1) is 0 Å². The number of likely N-dealkylation sites (N-methyl/N-ethyl adjacent to an activating group) is 1. The molecule has 31 heavy (non-hydrogen) atoms. The first-order valence-electron chi connectivity index (χ1n) is 10.4. The molecule has 5 nitrogen and oxygen atoms in total. The second-order valence-electron chi connectivity index (χ2n) is 8.16. The molecule has 2 aromatic carbocycles. The highest BCUT2D eigenvalue weighted by Gasteiger charge is 2.42. The second kappa shape index (κ2) is 8.81. The van der Waals surface area contributed by atoms with Gasteiger partial charge in [0.25, 0.3) is 11.8 Å². The van der Waals surface area contributed by atoms with Gasteiger partial charge in [-0.1, -0.05) is 41.9 Å². The molecule has 2 aromatic rings. The molecule has 2 amide bonds. The van der Waals surface area contributed by atoms with E-state index >= 15 is 0 Å². The molecule has 0 radical (unpaired) electrons. The maximum atomic E-state index is 13.5. The first-order chi connectivity index (χ1) is 14.9. The highest BCUT2D eigenvalue weighted by Crippen LogP contribution is 2.35. The SMILES string of the molecule is CN1CCC(N(C)C2=C(c3ccc(F)cc3)C(=O)N(Cc3ccccc3Cl)C2=O)CC1. The van der Waals surface area contributed by atoms with Crippen LogP contribution in [0.5, 0.6) is 0 Å². The summed E-state index contributed by atoms with van der Waals surface area (Å²) < 4.78 is 13.5. The van der Waals surface area contributed by atoms with Crippen LogP contribution in [0.1, 0.15) is 24.0 Å². The van der Waals surface area contributed by atoms with Crippen molar-refractivity contribution < 1.29 is 14.0 Å². The Bertz CT molecular complexity index is 1030. The summed E-state index contributed by atoms with van der Waals surface area (Å²) in [5.41, 5.74) is 1.93. The van der Waals surface area contributed by atoms with E-state index < -0.39 is 0 Å². The minimum Gasteiger partial charge on any atom is -0.366 e. The molecule has 2 aliphatic heterocycles. The number of halogens is 2. The topological polar surface area (TPSA) is 43.9 Å². The molecule has 2 heterocycles. The third-order valence-corrected chi connectivity index (χ3v) is 6.52. The van der Waals surface area contributed by atoms with E-state index in [0.717, 1.165) is 25.9 Å². The maximum Gasteiger partial charge on any atom is 0.278 e. The quantitative estimate of drug-likeness (QED) is 0.662. The van der Waals surface area contributed by atoms with Crippen molar-refractivity contribution >= 4 is 29.0 Å². The molecular formula is C24H25ClFN3O2. The van der Waals surface area contributed by atoms with Gasteiger partial charge in [0, 0.05) is 18.1 Å². The Kier molecular flexibility index (Phi) is 6.12. The number of benzene rings is 2. The van der Waals surface area contributed by atoms with Crippen molar-refractivity contribution in [1.82, 2.24) is 14.7 Å². The van der Waals surface area contributed by atoms with Crippen molar-refractivity contribution in [2.24, 2.45) is 0 Å². The van der Waals surface area contributed by atoms with Crippen molar-refractivity contribution in [1.29, 1.82) is 0 Å². The zero-order valence-corrected chi connectivity index (χ0v) is 18.4. The predicted molar refractivity (Wildman–Crippen MR) is 119 cm³/mol. The number of hydrogen-bond donors (Lipinski definition) is 0. The lowest BCUT2D eigenvalue weighted by Crippen LogP contribution is -2.43. The lowest BCUT2D eigenvalue weighted by atomic mass is 10.00. The zero-order chi connectivity index (χ0) is 22.1. The molecule has 0 atom stereocenters. The normalized spacial score (nSPS) is 18.3. The number of likely N-dealkylation sites (tertiary alicyclic amines) is 1. The number of imide groups is 1. The standard InChI is InChI=1S/C24H25ClFN3O2/c1-27-13-11-19(12-14-27)28(2)22-21(16-7-9-18(26)10-8-16)23(30)29(24(22)31)15-17-5-3-4-6-20(17)25/h3-10,19H,11-15H2,1-2H3. The first kappa shape index (κ1) is 21.5. The van der Waals surface area contributed by atoms with Crippen LogP contribution in [0.3, 0.4) is 0 Å². The van der Waals surface area contributed by atoms with Gasteiger partial charge < -0.3 is 9.80 Å². The minimum atomic E-state index is -0.390. The highest BCUT2D eigenvalue weighted by molar-refractivity contribution is 6.35. The summed E-state index contributed by atoms with van der Waals surface area (Å²) in [7, 11) is 3.95. The van der Waals surface area contributed by atoms with E-state index in [2.05, 4.69) is 11.9 Å². The summed E-state index contributed by atoms with van der Waals surface area (Å²) in [5, 5.41) is 0.503. The van der Waals surface area contributed by atoms with Crippen molar-refractivity contribution in [3.8, 4) is 0 Å². The van der Waals surface area contributed by atoms with Gasteiger partial charge in [0.05, 0.1) is 12.1 Å². The number of carbonyl (C=O) groups is 2. The second-order valence-corrected chi connectivity index (χ2v) is 8.57. The highest BCUT2D eigenvalue weighted by atomic mass is 35.5. The molecule has 4 rings (SSSR count). The number of amides is 2. The summed E-state index contributed by atoms with van der Waals surface area (Å²) in [6.45, 7) is 1.95. The van der Waals surface area contributed by atoms with Crippen LogP contribution >= 0.6 is 11.6 Å². The third kappa shape index (κ3) is 4.23. The molecule has 0 saturated carbocycles. The molecular weight excluding hydrogens is 417 g/mol. The van der Waals surface area contributed by atoms with Gasteiger partial charge in [0.15, 0.2) is 0 Å². The van der Waals surface area contributed by atoms with Crippen LogP contribution < -0.4 is 0 Å². The Morgan fingerprint density at radius 1 is 1.03 bits per heavy atom. The minimum absolute atomic E-state index is 0.0901. The number of carbonyl (C=O) groups excluding carboxylic acids is 2. The van der Waals surface area contributed by atoms with E-state index in [1.54, 1.807) is 30.3 Å². The van der Waals surface area contributed by atoms with Crippen LogP contribution in [-0.4, -0.2) is 59.7 Å². The average Bonchev–Trinajstić information content (AvgIpc) is 3.00. The van der Waals surface area contributed by atoms with Crippen molar-refractivity contribution in [2.75, 3.05) is 27.2 Å². The first-order valence-corrected chi connectivity index (χ1v) is 10.8. The lowest BCUT2D eigenvalue weighted by Gasteiger charge is -2.36.